The third kappa shape index (κ3) is 3.70. The fourth-order valence-electron chi connectivity index (χ4n) is 1.66. The Bertz CT molecular complexity index is 409. The Balaban J connectivity index is 3.08. The van der Waals surface area contributed by atoms with Crippen LogP contribution >= 0.6 is 15.9 Å². The lowest BCUT2D eigenvalue weighted by Crippen LogP contribution is -2.26. The van der Waals surface area contributed by atoms with Crippen molar-refractivity contribution in [2.45, 2.75) is 38.1 Å². The van der Waals surface area contributed by atoms with Crippen molar-refractivity contribution >= 4 is 15.9 Å². The lowest BCUT2D eigenvalue weighted by molar-refractivity contribution is -0.137. The molecule has 1 rings (SSSR count). The van der Waals surface area contributed by atoms with E-state index in [1.807, 2.05) is 6.92 Å². The SMILES string of the molecule is CCC[C@H](O)[C@H](N)c1cc(C(F)(F)F)ccc1Br. The van der Waals surface area contributed by atoms with Gasteiger partial charge in [0.15, 0.2) is 0 Å². The Morgan fingerprint density at radius 3 is 2.50 bits per heavy atom. The Kier molecular flexibility index (Phi) is 5.19. The molecular weight excluding hydrogens is 311 g/mol. The zero-order chi connectivity index (χ0) is 13.9. The van der Waals surface area contributed by atoms with Gasteiger partial charge in [-0.1, -0.05) is 29.3 Å². The summed E-state index contributed by atoms with van der Waals surface area (Å²) in [7, 11) is 0. The molecule has 2 nitrogen and oxygen atoms in total. The van der Waals surface area contributed by atoms with Gasteiger partial charge >= 0.3 is 6.18 Å². The highest BCUT2D eigenvalue weighted by atomic mass is 79.9. The number of hydrogen-bond donors (Lipinski definition) is 2. The minimum Gasteiger partial charge on any atom is -0.391 e. The summed E-state index contributed by atoms with van der Waals surface area (Å²) in [5.41, 5.74) is 5.30. The average molecular weight is 326 g/mol. The van der Waals surface area contributed by atoms with Gasteiger partial charge < -0.3 is 10.8 Å². The maximum Gasteiger partial charge on any atom is 0.416 e. The van der Waals surface area contributed by atoms with E-state index in [1.165, 1.54) is 6.07 Å². The lowest BCUT2D eigenvalue weighted by atomic mass is 9.97. The van der Waals surface area contributed by atoms with Gasteiger partial charge in [-0.3, -0.25) is 0 Å². The van der Waals surface area contributed by atoms with E-state index in [0.29, 0.717) is 17.3 Å². The zero-order valence-electron chi connectivity index (χ0n) is 9.84. The van der Waals surface area contributed by atoms with Crippen molar-refractivity contribution in [2.24, 2.45) is 5.73 Å². The summed E-state index contributed by atoms with van der Waals surface area (Å²) < 4.78 is 38.3. The van der Waals surface area contributed by atoms with E-state index in [-0.39, 0.29) is 5.56 Å². The lowest BCUT2D eigenvalue weighted by Gasteiger charge is -2.21. The molecular formula is C12H15BrF3NO. The fourth-order valence-corrected chi connectivity index (χ4v) is 2.17. The van der Waals surface area contributed by atoms with E-state index < -0.39 is 23.9 Å². The van der Waals surface area contributed by atoms with E-state index in [0.717, 1.165) is 12.1 Å². The molecule has 0 aliphatic rings. The Morgan fingerprint density at radius 2 is 2.00 bits per heavy atom. The highest BCUT2D eigenvalue weighted by molar-refractivity contribution is 9.10. The molecule has 0 saturated carbocycles. The highest BCUT2D eigenvalue weighted by Crippen LogP contribution is 2.34. The van der Waals surface area contributed by atoms with Gasteiger partial charge in [-0.15, -0.1) is 0 Å². The first-order valence-electron chi connectivity index (χ1n) is 5.57. The third-order valence-corrected chi connectivity index (χ3v) is 3.40. The number of hydrogen-bond acceptors (Lipinski definition) is 2. The van der Waals surface area contributed by atoms with Crippen molar-refractivity contribution in [3.63, 3.8) is 0 Å². The number of rotatable bonds is 4. The molecule has 0 bridgehead atoms. The zero-order valence-corrected chi connectivity index (χ0v) is 11.4. The summed E-state index contributed by atoms with van der Waals surface area (Å²) in [6.07, 6.45) is -4.10. The number of nitrogens with two attached hydrogens (primary N) is 1. The van der Waals surface area contributed by atoms with Gasteiger partial charge in [0, 0.05) is 4.47 Å². The number of aliphatic hydroxyl groups is 1. The summed E-state index contributed by atoms with van der Waals surface area (Å²) in [4.78, 5) is 0. The number of halogens is 4. The van der Waals surface area contributed by atoms with Gasteiger partial charge in [0.05, 0.1) is 17.7 Å². The van der Waals surface area contributed by atoms with Gasteiger partial charge in [-0.2, -0.15) is 13.2 Å². The first-order valence-corrected chi connectivity index (χ1v) is 6.37. The second-order valence-corrected chi connectivity index (χ2v) is 4.97. The average Bonchev–Trinajstić information content (AvgIpc) is 2.27. The largest absolute Gasteiger partial charge is 0.416 e. The van der Waals surface area contributed by atoms with Crippen LogP contribution in [0.4, 0.5) is 13.2 Å². The van der Waals surface area contributed by atoms with Crippen LogP contribution in [0.1, 0.15) is 36.9 Å². The minimum atomic E-state index is -4.41. The van der Waals surface area contributed by atoms with Crippen LogP contribution < -0.4 is 5.73 Å². The molecule has 0 heterocycles. The fraction of sp³-hybridized carbons (Fsp3) is 0.500. The molecule has 0 saturated heterocycles. The number of alkyl halides is 3. The summed E-state index contributed by atoms with van der Waals surface area (Å²) in [5.74, 6) is 0. The monoisotopic (exact) mass is 325 g/mol. The first kappa shape index (κ1) is 15.5. The molecule has 0 spiro atoms. The maximum atomic E-state index is 12.6. The van der Waals surface area contributed by atoms with Gasteiger partial charge in [-0.05, 0) is 30.2 Å². The maximum absolute atomic E-state index is 12.6. The second-order valence-electron chi connectivity index (χ2n) is 4.12. The van der Waals surface area contributed by atoms with Gasteiger partial charge in [0.1, 0.15) is 0 Å². The Morgan fingerprint density at radius 1 is 1.39 bits per heavy atom. The van der Waals surface area contributed by atoms with E-state index in [1.54, 1.807) is 0 Å². The van der Waals surface area contributed by atoms with Crippen LogP contribution in [-0.2, 0) is 6.18 Å². The van der Waals surface area contributed by atoms with Gasteiger partial charge in [0.25, 0.3) is 0 Å². The Labute approximate surface area is 112 Å². The normalized spacial score (nSPS) is 15.5. The van der Waals surface area contributed by atoms with E-state index in [9.17, 15) is 18.3 Å². The van der Waals surface area contributed by atoms with Gasteiger partial charge in [0.2, 0.25) is 0 Å². The molecule has 0 fully saturated rings. The molecule has 0 aliphatic heterocycles. The number of benzene rings is 1. The van der Waals surface area contributed by atoms with Crippen LogP contribution in [0.15, 0.2) is 22.7 Å². The molecule has 6 heteroatoms. The van der Waals surface area contributed by atoms with E-state index in [2.05, 4.69) is 15.9 Å². The predicted molar refractivity (Wildman–Crippen MR) is 67.0 cm³/mol. The summed E-state index contributed by atoms with van der Waals surface area (Å²) in [6, 6.07) is 2.43. The molecule has 3 N–H and O–H groups in total. The second kappa shape index (κ2) is 6.04. The van der Waals surface area contributed by atoms with Crippen LogP contribution in [0.25, 0.3) is 0 Å². The first-order chi connectivity index (χ1) is 8.27. The molecule has 0 aliphatic carbocycles. The molecule has 1 aromatic carbocycles. The molecule has 18 heavy (non-hydrogen) atoms. The van der Waals surface area contributed by atoms with Crippen molar-refractivity contribution in [2.75, 3.05) is 0 Å². The highest BCUT2D eigenvalue weighted by Gasteiger charge is 2.32. The van der Waals surface area contributed by atoms with Crippen LogP contribution in [0.5, 0.6) is 0 Å². The Hall–Kier alpha value is -0.590. The van der Waals surface area contributed by atoms with Crippen LogP contribution in [-0.4, -0.2) is 11.2 Å². The summed E-state index contributed by atoms with van der Waals surface area (Å²) in [5, 5.41) is 9.76. The number of aliphatic hydroxyl groups excluding tert-OH is 1. The molecule has 102 valence electrons. The smallest absolute Gasteiger partial charge is 0.391 e. The van der Waals surface area contributed by atoms with Gasteiger partial charge in [-0.25, -0.2) is 0 Å². The van der Waals surface area contributed by atoms with Crippen LogP contribution in [0.2, 0.25) is 0 Å². The van der Waals surface area contributed by atoms with Crippen molar-refractivity contribution in [3.05, 3.63) is 33.8 Å². The van der Waals surface area contributed by atoms with Crippen molar-refractivity contribution in [3.8, 4) is 0 Å². The summed E-state index contributed by atoms with van der Waals surface area (Å²) in [6.45, 7) is 1.87. The molecule has 1 aromatic rings. The topological polar surface area (TPSA) is 46.2 Å². The summed E-state index contributed by atoms with van der Waals surface area (Å²) >= 11 is 3.16. The molecule has 0 radical (unpaired) electrons. The minimum absolute atomic E-state index is 0.269. The van der Waals surface area contributed by atoms with Crippen LogP contribution in [0, 0.1) is 0 Å². The molecule has 0 aromatic heterocycles. The van der Waals surface area contributed by atoms with Crippen molar-refractivity contribution in [1.29, 1.82) is 0 Å². The molecule has 2 atom stereocenters. The standard InChI is InChI=1S/C12H15BrF3NO/c1-2-3-10(18)11(17)8-6-7(12(14,15)16)4-5-9(8)13/h4-6,10-11,18H,2-3,17H2,1H3/t10-,11+/m0/s1. The van der Waals surface area contributed by atoms with Crippen molar-refractivity contribution < 1.29 is 18.3 Å². The van der Waals surface area contributed by atoms with E-state index >= 15 is 0 Å². The predicted octanol–water partition coefficient (Wildman–Crippen LogP) is 3.63. The van der Waals surface area contributed by atoms with Crippen molar-refractivity contribution in [1.82, 2.24) is 0 Å². The van der Waals surface area contributed by atoms with Crippen LogP contribution in [0.3, 0.4) is 0 Å². The molecule has 0 unspecified atom stereocenters. The molecule has 0 amide bonds. The van der Waals surface area contributed by atoms with E-state index in [4.69, 9.17) is 5.73 Å². The third-order valence-electron chi connectivity index (χ3n) is 2.68. The quantitative estimate of drug-likeness (QED) is 0.888.